The maximum absolute atomic E-state index is 12.9. The van der Waals surface area contributed by atoms with Crippen LogP contribution in [0.25, 0.3) is 0 Å². The molecular formula is C29H31N3O5. The van der Waals surface area contributed by atoms with Gasteiger partial charge in [-0.3, -0.25) is 9.59 Å². The Hall–Kier alpha value is -4.33. The zero-order valence-electron chi connectivity index (χ0n) is 21.1. The first-order valence-corrected chi connectivity index (χ1v) is 12.2. The monoisotopic (exact) mass is 501 g/mol. The molecule has 3 aromatic carbocycles. The van der Waals surface area contributed by atoms with E-state index in [0.29, 0.717) is 49.6 Å². The average molecular weight is 502 g/mol. The lowest BCUT2D eigenvalue weighted by atomic mass is 9.95. The number of carbonyl (C=O) groups excluding carboxylic acids is 2. The third-order valence-electron chi connectivity index (χ3n) is 6.30. The van der Waals surface area contributed by atoms with E-state index >= 15 is 0 Å². The molecule has 1 N–H and O–H groups in total. The Morgan fingerprint density at radius 3 is 2.32 bits per heavy atom. The predicted octanol–water partition coefficient (Wildman–Crippen LogP) is 4.29. The number of carbonyl (C=O) groups is 2. The summed E-state index contributed by atoms with van der Waals surface area (Å²) in [6, 6.07) is 22.6. The van der Waals surface area contributed by atoms with Crippen LogP contribution in [-0.2, 0) is 11.4 Å². The van der Waals surface area contributed by atoms with Crippen LogP contribution in [0.4, 0.5) is 0 Å². The largest absolute Gasteiger partial charge is 0.493 e. The van der Waals surface area contributed by atoms with Crippen molar-refractivity contribution in [1.82, 2.24) is 10.3 Å². The Morgan fingerprint density at radius 2 is 1.65 bits per heavy atom. The number of benzene rings is 3. The second-order valence-electron chi connectivity index (χ2n) is 8.71. The fourth-order valence-corrected chi connectivity index (χ4v) is 4.15. The van der Waals surface area contributed by atoms with Gasteiger partial charge in [0.25, 0.3) is 5.91 Å². The molecule has 0 aromatic heterocycles. The Bertz CT molecular complexity index is 1220. The van der Waals surface area contributed by atoms with Crippen molar-refractivity contribution in [2.24, 2.45) is 11.0 Å². The van der Waals surface area contributed by atoms with Gasteiger partial charge in [-0.2, -0.15) is 5.10 Å². The maximum atomic E-state index is 12.9. The first-order valence-electron chi connectivity index (χ1n) is 12.2. The quantitative estimate of drug-likeness (QED) is 0.349. The zero-order valence-corrected chi connectivity index (χ0v) is 21.1. The molecule has 2 amide bonds. The molecule has 8 nitrogen and oxygen atoms in total. The third-order valence-corrected chi connectivity index (χ3v) is 6.30. The van der Waals surface area contributed by atoms with E-state index in [2.05, 4.69) is 10.5 Å². The van der Waals surface area contributed by atoms with Crippen LogP contribution in [0, 0.1) is 5.92 Å². The number of nitrogens with zero attached hydrogens (tertiary/aromatic N) is 2. The van der Waals surface area contributed by atoms with Crippen molar-refractivity contribution in [1.29, 1.82) is 0 Å². The van der Waals surface area contributed by atoms with Gasteiger partial charge in [-0.1, -0.05) is 30.3 Å². The van der Waals surface area contributed by atoms with E-state index in [0.717, 1.165) is 16.9 Å². The molecule has 0 aliphatic carbocycles. The normalized spacial score (nSPS) is 13.8. The molecule has 0 radical (unpaired) electrons. The Balaban J connectivity index is 1.22. The van der Waals surface area contributed by atoms with Gasteiger partial charge in [0.2, 0.25) is 5.91 Å². The summed E-state index contributed by atoms with van der Waals surface area (Å²) in [6.45, 7) is 1.50. The van der Waals surface area contributed by atoms with E-state index in [1.807, 2.05) is 54.6 Å². The van der Waals surface area contributed by atoms with Gasteiger partial charge in [-0.25, -0.2) is 5.43 Å². The number of amides is 2. The number of hydrogen-bond acceptors (Lipinski definition) is 6. The number of methoxy groups -OCH3 is 2. The van der Waals surface area contributed by atoms with Crippen LogP contribution in [0.5, 0.6) is 17.2 Å². The molecule has 0 bridgehead atoms. The maximum Gasteiger partial charge on any atom is 0.253 e. The van der Waals surface area contributed by atoms with E-state index in [-0.39, 0.29) is 17.7 Å². The molecule has 1 heterocycles. The first kappa shape index (κ1) is 25.8. The molecule has 8 heteroatoms. The summed E-state index contributed by atoms with van der Waals surface area (Å²) in [5, 5.41) is 4.11. The van der Waals surface area contributed by atoms with E-state index < -0.39 is 0 Å². The SMILES string of the molecule is COc1ccc(C(=O)N2CCC(C(=O)N/N=C\c3ccc(OCc4ccccc4)cc3)CC2)cc1OC. The lowest BCUT2D eigenvalue weighted by Gasteiger charge is -2.31. The molecule has 1 aliphatic heterocycles. The van der Waals surface area contributed by atoms with Gasteiger partial charge in [-0.15, -0.1) is 0 Å². The number of nitrogens with one attached hydrogen (secondary N) is 1. The lowest BCUT2D eigenvalue weighted by Crippen LogP contribution is -2.42. The molecule has 0 saturated carbocycles. The van der Waals surface area contributed by atoms with E-state index in [4.69, 9.17) is 14.2 Å². The highest BCUT2D eigenvalue weighted by Gasteiger charge is 2.28. The summed E-state index contributed by atoms with van der Waals surface area (Å²) in [7, 11) is 3.09. The molecule has 1 aliphatic rings. The summed E-state index contributed by atoms with van der Waals surface area (Å²) < 4.78 is 16.3. The van der Waals surface area contributed by atoms with Crippen LogP contribution >= 0.6 is 0 Å². The smallest absolute Gasteiger partial charge is 0.253 e. The average Bonchev–Trinajstić information content (AvgIpc) is 2.96. The van der Waals surface area contributed by atoms with Crippen molar-refractivity contribution in [2.45, 2.75) is 19.4 Å². The number of hydrogen-bond donors (Lipinski definition) is 1. The van der Waals surface area contributed by atoms with Crippen molar-refractivity contribution in [3.63, 3.8) is 0 Å². The number of rotatable bonds is 9. The number of hydrazone groups is 1. The molecule has 192 valence electrons. The minimum atomic E-state index is -0.194. The van der Waals surface area contributed by atoms with Gasteiger partial charge in [0.05, 0.1) is 20.4 Å². The highest BCUT2D eigenvalue weighted by molar-refractivity contribution is 5.95. The fraction of sp³-hybridized carbons (Fsp3) is 0.276. The van der Waals surface area contributed by atoms with Crippen molar-refractivity contribution < 1.29 is 23.8 Å². The first-order chi connectivity index (χ1) is 18.1. The van der Waals surface area contributed by atoms with Crippen LogP contribution in [0.3, 0.4) is 0 Å². The summed E-state index contributed by atoms with van der Waals surface area (Å²) >= 11 is 0. The van der Waals surface area contributed by atoms with Gasteiger partial charge in [-0.05, 0) is 66.4 Å². The van der Waals surface area contributed by atoms with E-state index in [1.165, 1.54) is 7.11 Å². The van der Waals surface area contributed by atoms with Gasteiger partial charge in [0, 0.05) is 24.6 Å². The Kier molecular flexibility index (Phi) is 8.75. The van der Waals surface area contributed by atoms with Crippen LogP contribution in [0.1, 0.15) is 34.3 Å². The Morgan fingerprint density at radius 1 is 0.946 bits per heavy atom. The lowest BCUT2D eigenvalue weighted by molar-refractivity contribution is -0.126. The highest BCUT2D eigenvalue weighted by Crippen LogP contribution is 2.29. The standard InChI is InChI=1S/C29H31N3O5/c1-35-26-13-10-24(18-27(26)36-2)29(34)32-16-14-23(15-17-32)28(33)31-30-19-21-8-11-25(12-9-21)37-20-22-6-4-3-5-7-22/h3-13,18-19,23H,14-17,20H2,1-2H3,(H,31,33)/b30-19-. The number of ether oxygens (including phenoxy) is 3. The second-order valence-corrected chi connectivity index (χ2v) is 8.71. The van der Waals surface area contributed by atoms with Gasteiger partial charge >= 0.3 is 0 Å². The Labute approximate surface area is 216 Å². The van der Waals surface area contributed by atoms with Crippen molar-refractivity contribution in [3.8, 4) is 17.2 Å². The van der Waals surface area contributed by atoms with E-state index in [1.54, 1.807) is 36.4 Å². The van der Waals surface area contributed by atoms with Gasteiger partial charge in [0.1, 0.15) is 12.4 Å². The zero-order chi connectivity index (χ0) is 26.0. The molecule has 1 saturated heterocycles. The molecule has 0 spiro atoms. The van der Waals surface area contributed by atoms with Crippen LogP contribution in [0.15, 0.2) is 77.9 Å². The van der Waals surface area contributed by atoms with Gasteiger partial charge in [0.15, 0.2) is 11.5 Å². The molecule has 1 fully saturated rings. The molecule has 0 atom stereocenters. The van der Waals surface area contributed by atoms with Crippen LogP contribution in [0.2, 0.25) is 0 Å². The second kappa shape index (κ2) is 12.6. The molecule has 0 unspecified atom stereocenters. The van der Waals surface area contributed by atoms with Crippen LogP contribution < -0.4 is 19.6 Å². The third kappa shape index (κ3) is 6.88. The summed E-state index contributed by atoms with van der Waals surface area (Å²) in [5.41, 5.74) is 5.11. The van der Waals surface area contributed by atoms with Crippen molar-refractivity contribution >= 4 is 18.0 Å². The molecule has 3 aromatic rings. The van der Waals surface area contributed by atoms with Crippen molar-refractivity contribution in [2.75, 3.05) is 27.3 Å². The predicted molar refractivity (Wildman–Crippen MR) is 141 cm³/mol. The molecular weight excluding hydrogens is 470 g/mol. The summed E-state index contributed by atoms with van der Waals surface area (Å²) in [5.74, 6) is 1.42. The summed E-state index contributed by atoms with van der Waals surface area (Å²) in [4.78, 5) is 27.3. The van der Waals surface area contributed by atoms with E-state index in [9.17, 15) is 9.59 Å². The summed E-state index contributed by atoms with van der Waals surface area (Å²) in [6.07, 6.45) is 2.76. The topological polar surface area (TPSA) is 89.5 Å². The number of likely N-dealkylation sites (tertiary alicyclic amines) is 1. The van der Waals surface area contributed by atoms with Gasteiger partial charge < -0.3 is 19.1 Å². The van der Waals surface area contributed by atoms with Crippen LogP contribution in [-0.4, -0.2) is 50.2 Å². The highest BCUT2D eigenvalue weighted by atomic mass is 16.5. The fourth-order valence-electron chi connectivity index (χ4n) is 4.15. The molecule has 37 heavy (non-hydrogen) atoms. The molecule has 4 rings (SSSR count). The minimum Gasteiger partial charge on any atom is -0.493 e. The minimum absolute atomic E-state index is 0.0889. The number of piperidine rings is 1. The van der Waals surface area contributed by atoms with Crippen molar-refractivity contribution in [3.05, 3.63) is 89.5 Å².